The zero-order valence-electron chi connectivity index (χ0n) is 14.2. The van der Waals surface area contributed by atoms with Crippen LogP contribution in [0.4, 0.5) is 5.69 Å². The van der Waals surface area contributed by atoms with Crippen LogP contribution < -0.4 is 10.1 Å². The molecule has 1 amide bonds. The van der Waals surface area contributed by atoms with Crippen molar-refractivity contribution >= 4 is 23.3 Å². The molecule has 2 rings (SSSR count). The van der Waals surface area contributed by atoms with Gasteiger partial charge in [0.05, 0.1) is 12.7 Å². The highest BCUT2D eigenvalue weighted by Crippen LogP contribution is 2.15. The summed E-state index contributed by atoms with van der Waals surface area (Å²) in [5, 5.41) is 2.64. The molecule has 0 fully saturated rings. The van der Waals surface area contributed by atoms with Crippen molar-refractivity contribution in [2.24, 2.45) is 0 Å². The van der Waals surface area contributed by atoms with E-state index in [1.54, 1.807) is 42.5 Å². The Balaban J connectivity index is 1.97. The third kappa shape index (κ3) is 4.91. The quantitative estimate of drug-likeness (QED) is 0.645. The van der Waals surface area contributed by atoms with Crippen molar-refractivity contribution in [1.29, 1.82) is 0 Å². The zero-order valence-corrected chi connectivity index (χ0v) is 14.2. The summed E-state index contributed by atoms with van der Waals surface area (Å²) in [5.74, 6) is -0.615. The third-order valence-corrected chi connectivity index (χ3v) is 3.52. The van der Waals surface area contributed by atoms with E-state index in [-0.39, 0.29) is 5.78 Å². The Morgan fingerprint density at radius 3 is 2.28 bits per heavy atom. The molecular formula is C19H19NO5. The Hall–Kier alpha value is -3.15. The predicted octanol–water partition coefficient (Wildman–Crippen LogP) is 3.08. The molecule has 0 saturated heterocycles. The molecule has 6 nitrogen and oxygen atoms in total. The fourth-order valence-corrected chi connectivity index (χ4v) is 2.06. The van der Waals surface area contributed by atoms with Crippen molar-refractivity contribution in [3.63, 3.8) is 0 Å². The number of ether oxygens (including phenoxy) is 2. The molecule has 6 heteroatoms. The van der Waals surface area contributed by atoms with Gasteiger partial charge < -0.3 is 14.8 Å². The monoisotopic (exact) mass is 341 g/mol. The van der Waals surface area contributed by atoms with Crippen LogP contribution in [-0.4, -0.2) is 30.9 Å². The van der Waals surface area contributed by atoms with E-state index in [9.17, 15) is 14.4 Å². The number of methoxy groups -OCH3 is 1. The van der Waals surface area contributed by atoms with Gasteiger partial charge in [-0.2, -0.15) is 0 Å². The van der Waals surface area contributed by atoms with E-state index in [0.717, 1.165) is 0 Å². The molecule has 0 radical (unpaired) electrons. The van der Waals surface area contributed by atoms with Crippen molar-refractivity contribution in [1.82, 2.24) is 0 Å². The lowest BCUT2D eigenvalue weighted by molar-refractivity contribution is -0.123. The zero-order chi connectivity index (χ0) is 18.4. The standard InChI is InChI=1S/C19H19NO5/c1-12(21)14-7-9-16(10-8-14)20-18(22)13(2)25-19(23)15-5-4-6-17(11-15)24-3/h4-11,13H,1-3H3,(H,20,22)/t13-/m1/s1. The Kier molecular flexibility index (Phi) is 5.89. The molecule has 2 aromatic carbocycles. The highest BCUT2D eigenvalue weighted by atomic mass is 16.5. The highest BCUT2D eigenvalue weighted by molar-refractivity contribution is 5.98. The third-order valence-electron chi connectivity index (χ3n) is 3.52. The van der Waals surface area contributed by atoms with Crippen molar-refractivity contribution < 1.29 is 23.9 Å². The van der Waals surface area contributed by atoms with Gasteiger partial charge in [-0.15, -0.1) is 0 Å². The first-order valence-corrected chi connectivity index (χ1v) is 7.67. The average molecular weight is 341 g/mol. The lowest BCUT2D eigenvalue weighted by Crippen LogP contribution is -2.30. The summed E-state index contributed by atoms with van der Waals surface area (Å²) in [6.07, 6.45) is -0.980. The lowest BCUT2D eigenvalue weighted by atomic mass is 10.1. The lowest BCUT2D eigenvalue weighted by Gasteiger charge is -2.14. The van der Waals surface area contributed by atoms with Crippen molar-refractivity contribution in [3.8, 4) is 5.75 Å². The molecule has 1 N–H and O–H groups in total. The Morgan fingerprint density at radius 1 is 1.00 bits per heavy atom. The maximum absolute atomic E-state index is 12.1. The number of hydrogen-bond donors (Lipinski definition) is 1. The minimum absolute atomic E-state index is 0.0570. The first-order valence-electron chi connectivity index (χ1n) is 7.67. The van der Waals surface area contributed by atoms with Crippen LogP contribution in [0.3, 0.4) is 0 Å². The molecule has 0 spiro atoms. The summed E-state index contributed by atoms with van der Waals surface area (Å²) in [5.41, 5.74) is 1.36. The summed E-state index contributed by atoms with van der Waals surface area (Å²) in [6.45, 7) is 2.95. The minimum Gasteiger partial charge on any atom is -0.497 e. The van der Waals surface area contributed by atoms with E-state index in [1.165, 1.54) is 27.0 Å². The summed E-state index contributed by atoms with van der Waals surface area (Å²) in [7, 11) is 1.50. The largest absolute Gasteiger partial charge is 0.497 e. The molecule has 0 aliphatic rings. The van der Waals surface area contributed by atoms with Crippen LogP contribution in [0.1, 0.15) is 34.6 Å². The Morgan fingerprint density at radius 2 is 1.68 bits per heavy atom. The Labute approximate surface area is 145 Å². The SMILES string of the molecule is COc1cccc(C(=O)O[C@H](C)C(=O)Nc2ccc(C(C)=O)cc2)c1. The Bertz CT molecular complexity index is 783. The maximum Gasteiger partial charge on any atom is 0.339 e. The minimum atomic E-state index is -0.980. The van der Waals surface area contributed by atoms with Gasteiger partial charge in [0.25, 0.3) is 5.91 Å². The number of rotatable bonds is 6. The number of benzene rings is 2. The number of Topliss-reactive ketones (excluding diaryl/α,β-unsaturated/α-hetero) is 1. The summed E-state index contributed by atoms with van der Waals surface area (Å²) in [4.78, 5) is 35.5. The molecule has 0 unspecified atom stereocenters. The molecule has 130 valence electrons. The number of amides is 1. The first kappa shape index (κ1) is 18.2. The molecule has 2 aromatic rings. The average Bonchev–Trinajstić information content (AvgIpc) is 2.62. The molecule has 25 heavy (non-hydrogen) atoms. The second-order valence-corrected chi connectivity index (χ2v) is 5.40. The van der Waals surface area contributed by atoms with Crippen LogP contribution >= 0.6 is 0 Å². The summed E-state index contributed by atoms with van der Waals surface area (Å²) < 4.78 is 10.2. The van der Waals surface area contributed by atoms with Crippen LogP contribution in [0.15, 0.2) is 48.5 Å². The van der Waals surface area contributed by atoms with Gasteiger partial charge in [-0.25, -0.2) is 4.79 Å². The van der Waals surface area contributed by atoms with E-state index in [0.29, 0.717) is 22.6 Å². The van der Waals surface area contributed by atoms with Gasteiger partial charge in [-0.3, -0.25) is 9.59 Å². The smallest absolute Gasteiger partial charge is 0.339 e. The van der Waals surface area contributed by atoms with E-state index < -0.39 is 18.0 Å². The van der Waals surface area contributed by atoms with Crippen molar-refractivity contribution in [2.45, 2.75) is 20.0 Å². The summed E-state index contributed by atoms with van der Waals surface area (Å²) >= 11 is 0. The number of carbonyl (C=O) groups excluding carboxylic acids is 3. The molecule has 0 saturated carbocycles. The molecule has 0 bridgehead atoms. The number of hydrogen-bond acceptors (Lipinski definition) is 5. The number of anilines is 1. The van der Waals surface area contributed by atoms with Gasteiger partial charge in [-0.1, -0.05) is 6.07 Å². The molecular weight excluding hydrogens is 322 g/mol. The molecule has 1 atom stereocenters. The molecule has 0 heterocycles. The van der Waals surface area contributed by atoms with Gasteiger partial charge in [-0.05, 0) is 56.3 Å². The fraction of sp³-hybridized carbons (Fsp3) is 0.211. The predicted molar refractivity (Wildman–Crippen MR) is 92.9 cm³/mol. The fourth-order valence-electron chi connectivity index (χ4n) is 2.06. The van der Waals surface area contributed by atoms with Gasteiger partial charge in [0.15, 0.2) is 11.9 Å². The number of esters is 1. The summed E-state index contributed by atoms with van der Waals surface area (Å²) in [6, 6.07) is 12.9. The number of nitrogens with one attached hydrogen (secondary N) is 1. The van der Waals surface area contributed by atoms with Crippen LogP contribution in [0.2, 0.25) is 0 Å². The first-order chi connectivity index (χ1) is 11.9. The van der Waals surface area contributed by atoms with Gasteiger partial charge >= 0.3 is 5.97 Å². The van der Waals surface area contributed by atoms with Gasteiger partial charge in [0, 0.05) is 11.3 Å². The maximum atomic E-state index is 12.1. The second kappa shape index (κ2) is 8.10. The molecule has 0 aromatic heterocycles. The van der Waals surface area contributed by atoms with E-state index in [4.69, 9.17) is 9.47 Å². The highest BCUT2D eigenvalue weighted by Gasteiger charge is 2.19. The molecule has 0 aliphatic heterocycles. The number of carbonyl (C=O) groups is 3. The van der Waals surface area contributed by atoms with Gasteiger partial charge in [0.1, 0.15) is 5.75 Å². The second-order valence-electron chi connectivity index (χ2n) is 5.40. The van der Waals surface area contributed by atoms with Crippen LogP contribution in [0, 0.1) is 0 Å². The van der Waals surface area contributed by atoms with Crippen molar-refractivity contribution in [2.75, 3.05) is 12.4 Å². The van der Waals surface area contributed by atoms with Gasteiger partial charge in [0.2, 0.25) is 0 Å². The molecule has 0 aliphatic carbocycles. The van der Waals surface area contributed by atoms with E-state index >= 15 is 0 Å². The van der Waals surface area contributed by atoms with Crippen LogP contribution in [-0.2, 0) is 9.53 Å². The van der Waals surface area contributed by atoms with E-state index in [1.807, 2.05) is 0 Å². The van der Waals surface area contributed by atoms with Crippen LogP contribution in [0.25, 0.3) is 0 Å². The van der Waals surface area contributed by atoms with Crippen molar-refractivity contribution in [3.05, 3.63) is 59.7 Å². The normalized spacial score (nSPS) is 11.3. The number of ketones is 1. The van der Waals surface area contributed by atoms with E-state index in [2.05, 4.69) is 5.32 Å². The topological polar surface area (TPSA) is 81.7 Å². The van der Waals surface area contributed by atoms with Crippen LogP contribution in [0.5, 0.6) is 5.75 Å².